The summed E-state index contributed by atoms with van der Waals surface area (Å²) in [7, 11) is -3.74. The summed E-state index contributed by atoms with van der Waals surface area (Å²) in [6.07, 6.45) is 0. The number of carboxylic acids is 1. The lowest BCUT2D eigenvalue weighted by Crippen LogP contribution is -2.28. The van der Waals surface area contributed by atoms with Crippen molar-refractivity contribution in [2.45, 2.75) is 4.90 Å². The molecule has 1 rings (SSSR count). The zero-order chi connectivity index (χ0) is 11.5. The first-order valence-electron chi connectivity index (χ1n) is 3.85. The summed E-state index contributed by atoms with van der Waals surface area (Å²) in [6, 6.07) is 5.06. The third-order valence-electron chi connectivity index (χ3n) is 1.51. The highest BCUT2D eigenvalue weighted by molar-refractivity contribution is 7.89. The SMILES string of the molecule is NS(=O)(=O)c1ccc(OCC(=O)[O-])cc1. The smallest absolute Gasteiger partial charge is 0.238 e. The fourth-order valence-electron chi connectivity index (χ4n) is 0.868. The summed E-state index contributed by atoms with van der Waals surface area (Å²) in [5.41, 5.74) is 0. The molecule has 1 aromatic carbocycles. The molecule has 0 amide bonds. The number of sulfonamides is 1. The minimum atomic E-state index is -3.74. The van der Waals surface area contributed by atoms with Gasteiger partial charge in [0, 0.05) is 0 Å². The summed E-state index contributed by atoms with van der Waals surface area (Å²) < 4.78 is 26.4. The largest absolute Gasteiger partial charge is 0.546 e. The standard InChI is InChI=1S/C8H9NO5S/c9-15(12,13)7-3-1-6(2-4-7)14-5-8(10)11/h1-4H,5H2,(H,10,11)(H2,9,12,13)/p-1. The van der Waals surface area contributed by atoms with E-state index in [2.05, 4.69) is 0 Å². The van der Waals surface area contributed by atoms with Gasteiger partial charge in [-0.2, -0.15) is 0 Å². The Morgan fingerprint density at radius 3 is 2.27 bits per heavy atom. The summed E-state index contributed by atoms with van der Waals surface area (Å²) in [5, 5.41) is 14.9. The lowest BCUT2D eigenvalue weighted by Gasteiger charge is -2.06. The number of nitrogens with two attached hydrogens (primary N) is 1. The molecular formula is C8H8NO5S-. The van der Waals surface area contributed by atoms with Gasteiger partial charge >= 0.3 is 0 Å². The zero-order valence-electron chi connectivity index (χ0n) is 7.54. The number of ether oxygens (including phenoxy) is 1. The van der Waals surface area contributed by atoms with Gasteiger partial charge in [-0.25, -0.2) is 13.6 Å². The van der Waals surface area contributed by atoms with Crippen molar-refractivity contribution >= 4 is 16.0 Å². The molecule has 0 spiro atoms. The van der Waals surface area contributed by atoms with Crippen LogP contribution in [0, 0.1) is 0 Å². The molecule has 0 bridgehead atoms. The Hall–Kier alpha value is -1.60. The Balaban J connectivity index is 2.77. The Labute approximate surface area is 86.3 Å². The van der Waals surface area contributed by atoms with E-state index in [9.17, 15) is 18.3 Å². The normalized spacial score (nSPS) is 11.0. The first-order chi connectivity index (χ1) is 6.89. The van der Waals surface area contributed by atoms with Crippen LogP contribution in [0.3, 0.4) is 0 Å². The molecule has 6 nitrogen and oxygen atoms in total. The van der Waals surface area contributed by atoms with Crippen LogP contribution in [-0.2, 0) is 14.8 Å². The summed E-state index contributed by atoms with van der Waals surface area (Å²) in [5.74, 6) is -1.13. The van der Waals surface area contributed by atoms with Crippen LogP contribution in [0.4, 0.5) is 0 Å². The van der Waals surface area contributed by atoms with E-state index in [0.717, 1.165) is 0 Å². The predicted octanol–water partition coefficient (Wildman–Crippen LogP) is -1.54. The number of carboxylic acid groups (broad SMARTS) is 1. The number of rotatable bonds is 4. The van der Waals surface area contributed by atoms with Crippen LogP contribution >= 0.6 is 0 Å². The summed E-state index contributed by atoms with van der Waals surface area (Å²) in [6.45, 7) is -0.589. The Kier molecular flexibility index (Phi) is 3.28. The molecule has 0 unspecified atom stereocenters. The van der Waals surface area contributed by atoms with Crippen molar-refractivity contribution < 1.29 is 23.1 Å². The van der Waals surface area contributed by atoms with E-state index in [1.54, 1.807) is 0 Å². The van der Waals surface area contributed by atoms with Crippen molar-refractivity contribution in [1.82, 2.24) is 0 Å². The van der Waals surface area contributed by atoms with Gasteiger partial charge in [-0.05, 0) is 24.3 Å². The predicted molar refractivity (Wildman–Crippen MR) is 48.3 cm³/mol. The number of primary sulfonamides is 1. The molecule has 0 aliphatic carbocycles. The van der Waals surface area contributed by atoms with E-state index in [-0.39, 0.29) is 10.6 Å². The molecule has 0 fully saturated rings. The minimum absolute atomic E-state index is 0.0664. The van der Waals surface area contributed by atoms with E-state index in [1.807, 2.05) is 0 Å². The van der Waals surface area contributed by atoms with Crippen LogP contribution in [0.25, 0.3) is 0 Å². The maximum Gasteiger partial charge on any atom is 0.238 e. The van der Waals surface area contributed by atoms with Gasteiger partial charge in [-0.3, -0.25) is 0 Å². The van der Waals surface area contributed by atoms with Crippen molar-refractivity contribution in [3.8, 4) is 5.75 Å². The van der Waals surface area contributed by atoms with E-state index in [1.165, 1.54) is 24.3 Å². The summed E-state index contributed by atoms with van der Waals surface area (Å²) >= 11 is 0. The highest BCUT2D eigenvalue weighted by Crippen LogP contribution is 2.14. The number of benzene rings is 1. The Bertz CT molecular complexity index is 450. The van der Waals surface area contributed by atoms with Crippen molar-refractivity contribution in [3.05, 3.63) is 24.3 Å². The lowest BCUT2D eigenvalue weighted by atomic mass is 10.3. The second-order valence-electron chi connectivity index (χ2n) is 2.68. The molecule has 0 aliphatic heterocycles. The number of carbonyl (C=O) groups excluding carboxylic acids is 1. The molecule has 0 saturated carbocycles. The third-order valence-corrected chi connectivity index (χ3v) is 2.44. The molecule has 15 heavy (non-hydrogen) atoms. The number of aliphatic carboxylic acids is 1. The maximum atomic E-state index is 10.8. The van der Waals surface area contributed by atoms with Crippen LogP contribution < -0.4 is 15.0 Å². The fourth-order valence-corrected chi connectivity index (χ4v) is 1.38. The average molecular weight is 230 g/mol. The van der Waals surface area contributed by atoms with Crippen LogP contribution in [-0.4, -0.2) is 21.0 Å². The average Bonchev–Trinajstić information content (AvgIpc) is 2.14. The van der Waals surface area contributed by atoms with Gasteiger partial charge in [-0.1, -0.05) is 0 Å². The first kappa shape index (κ1) is 11.5. The van der Waals surface area contributed by atoms with Crippen molar-refractivity contribution in [2.75, 3.05) is 6.61 Å². The van der Waals surface area contributed by atoms with E-state index in [4.69, 9.17) is 9.88 Å². The van der Waals surface area contributed by atoms with Gasteiger partial charge in [0.05, 0.1) is 10.9 Å². The fraction of sp³-hybridized carbons (Fsp3) is 0.125. The first-order valence-corrected chi connectivity index (χ1v) is 5.40. The Morgan fingerprint density at radius 2 is 1.87 bits per heavy atom. The summed E-state index contributed by atoms with van der Waals surface area (Å²) in [4.78, 5) is 9.98. The number of carbonyl (C=O) groups is 1. The third kappa shape index (κ3) is 3.56. The van der Waals surface area contributed by atoms with E-state index in [0.29, 0.717) is 0 Å². The maximum absolute atomic E-state index is 10.8. The molecule has 0 aromatic heterocycles. The molecule has 0 radical (unpaired) electrons. The van der Waals surface area contributed by atoms with Gasteiger partial charge < -0.3 is 14.6 Å². The van der Waals surface area contributed by atoms with Crippen LogP contribution in [0.1, 0.15) is 0 Å². The van der Waals surface area contributed by atoms with Crippen LogP contribution in [0.2, 0.25) is 0 Å². The second kappa shape index (κ2) is 4.28. The van der Waals surface area contributed by atoms with Crippen molar-refractivity contribution in [2.24, 2.45) is 5.14 Å². The highest BCUT2D eigenvalue weighted by atomic mass is 32.2. The zero-order valence-corrected chi connectivity index (χ0v) is 8.36. The molecule has 0 saturated heterocycles. The van der Waals surface area contributed by atoms with Crippen molar-refractivity contribution in [3.63, 3.8) is 0 Å². The minimum Gasteiger partial charge on any atom is -0.546 e. The molecular weight excluding hydrogens is 222 g/mol. The van der Waals surface area contributed by atoms with E-state index < -0.39 is 22.6 Å². The monoisotopic (exact) mass is 230 g/mol. The van der Waals surface area contributed by atoms with E-state index >= 15 is 0 Å². The number of hydrogen-bond acceptors (Lipinski definition) is 5. The second-order valence-corrected chi connectivity index (χ2v) is 4.24. The molecule has 2 N–H and O–H groups in total. The Morgan fingerprint density at radius 1 is 1.33 bits per heavy atom. The highest BCUT2D eigenvalue weighted by Gasteiger charge is 2.06. The molecule has 7 heteroatoms. The van der Waals surface area contributed by atoms with Crippen LogP contribution in [0.15, 0.2) is 29.2 Å². The van der Waals surface area contributed by atoms with Gasteiger partial charge in [0.1, 0.15) is 12.4 Å². The molecule has 0 heterocycles. The van der Waals surface area contributed by atoms with Gasteiger partial charge in [0.25, 0.3) is 0 Å². The van der Waals surface area contributed by atoms with Crippen LogP contribution in [0.5, 0.6) is 5.75 Å². The molecule has 0 aliphatic rings. The van der Waals surface area contributed by atoms with Crippen molar-refractivity contribution in [1.29, 1.82) is 0 Å². The topological polar surface area (TPSA) is 110 Å². The number of hydrogen-bond donors (Lipinski definition) is 1. The molecule has 1 aromatic rings. The van der Waals surface area contributed by atoms with Gasteiger partial charge in [0.2, 0.25) is 10.0 Å². The molecule has 0 atom stereocenters. The lowest BCUT2D eigenvalue weighted by molar-refractivity contribution is -0.307. The molecule has 82 valence electrons. The van der Waals surface area contributed by atoms with Gasteiger partial charge in [-0.15, -0.1) is 0 Å². The van der Waals surface area contributed by atoms with Gasteiger partial charge in [0.15, 0.2) is 0 Å². The quantitative estimate of drug-likeness (QED) is 0.674.